The first-order chi connectivity index (χ1) is 11.0. The van der Waals surface area contributed by atoms with E-state index in [1.807, 2.05) is 24.3 Å². The highest BCUT2D eigenvalue weighted by molar-refractivity contribution is 9.10. The van der Waals surface area contributed by atoms with Gasteiger partial charge in [0.1, 0.15) is 11.5 Å². The molecule has 23 heavy (non-hydrogen) atoms. The normalized spacial score (nSPS) is 10.6. The molecule has 116 valence electrons. The molecule has 0 aliphatic carbocycles. The van der Waals surface area contributed by atoms with Gasteiger partial charge in [-0.3, -0.25) is 9.89 Å². The van der Waals surface area contributed by atoms with Gasteiger partial charge in [-0.25, -0.2) is 4.39 Å². The summed E-state index contributed by atoms with van der Waals surface area (Å²) in [5.74, 6) is -0.924. The smallest absolute Gasteiger partial charge is 0.273 e. The van der Waals surface area contributed by atoms with E-state index in [4.69, 9.17) is 11.6 Å². The monoisotopic (exact) mass is 393 g/mol. The minimum absolute atomic E-state index is 0.0528. The predicted molar refractivity (Wildman–Crippen MR) is 91.1 cm³/mol. The van der Waals surface area contributed by atoms with Crippen molar-refractivity contribution in [1.29, 1.82) is 0 Å². The number of nitrogens with one attached hydrogen (secondary N) is 2. The second-order valence-electron chi connectivity index (χ2n) is 4.76. The van der Waals surface area contributed by atoms with Crippen LogP contribution in [0.3, 0.4) is 0 Å². The van der Waals surface area contributed by atoms with Crippen LogP contribution in [0, 0.1) is 5.82 Å². The van der Waals surface area contributed by atoms with Crippen molar-refractivity contribution in [3.05, 3.63) is 69.5 Å². The minimum atomic E-state index is -0.538. The van der Waals surface area contributed by atoms with E-state index in [-0.39, 0.29) is 10.9 Å². The molecule has 0 radical (unpaired) electrons. The van der Waals surface area contributed by atoms with Gasteiger partial charge >= 0.3 is 0 Å². The first kappa shape index (κ1) is 15.7. The van der Waals surface area contributed by atoms with E-state index in [1.165, 1.54) is 18.2 Å². The van der Waals surface area contributed by atoms with E-state index in [9.17, 15) is 9.18 Å². The fourth-order valence-corrected chi connectivity index (χ4v) is 2.42. The molecule has 4 nitrogen and oxygen atoms in total. The van der Waals surface area contributed by atoms with E-state index in [0.717, 1.165) is 10.0 Å². The Bertz CT molecular complexity index is 864. The van der Waals surface area contributed by atoms with Crippen LogP contribution in [-0.2, 0) is 0 Å². The molecule has 0 spiro atoms. The highest BCUT2D eigenvalue weighted by Gasteiger charge is 2.12. The molecular weight excluding hydrogens is 385 g/mol. The van der Waals surface area contributed by atoms with Crippen molar-refractivity contribution in [2.75, 3.05) is 5.32 Å². The van der Waals surface area contributed by atoms with E-state index in [2.05, 4.69) is 31.4 Å². The third-order valence-electron chi connectivity index (χ3n) is 3.14. The number of benzene rings is 2. The third-order valence-corrected chi connectivity index (χ3v) is 3.96. The quantitative estimate of drug-likeness (QED) is 0.665. The number of rotatable bonds is 3. The lowest BCUT2D eigenvalue weighted by molar-refractivity contribution is 0.102. The Morgan fingerprint density at radius 2 is 1.91 bits per heavy atom. The molecule has 7 heteroatoms. The summed E-state index contributed by atoms with van der Waals surface area (Å²) in [6, 6.07) is 13.2. The van der Waals surface area contributed by atoms with Gasteiger partial charge in [-0.15, -0.1) is 0 Å². The summed E-state index contributed by atoms with van der Waals surface area (Å²) in [6.07, 6.45) is 0. The van der Waals surface area contributed by atoms with Crippen LogP contribution in [0.15, 0.2) is 53.0 Å². The van der Waals surface area contributed by atoms with Crippen LogP contribution >= 0.6 is 27.5 Å². The van der Waals surface area contributed by atoms with Gasteiger partial charge in [0, 0.05) is 15.7 Å². The molecule has 0 fully saturated rings. The summed E-state index contributed by atoms with van der Waals surface area (Å²) < 4.78 is 14.1. The molecule has 2 aromatic carbocycles. The molecule has 0 atom stereocenters. The lowest BCUT2D eigenvalue weighted by Crippen LogP contribution is -2.12. The van der Waals surface area contributed by atoms with Crippen LogP contribution in [0.25, 0.3) is 11.3 Å². The number of amides is 1. The van der Waals surface area contributed by atoms with Crippen molar-refractivity contribution in [3.63, 3.8) is 0 Å². The third kappa shape index (κ3) is 3.60. The minimum Gasteiger partial charge on any atom is -0.321 e. The van der Waals surface area contributed by atoms with Gasteiger partial charge < -0.3 is 5.32 Å². The number of hydrogen-bond acceptors (Lipinski definition) is 2. The molecule has 0 bridgehead atoms. The molecule has 1 aromatic heterocycles. The maximum atomic E-state index is 13.1. The van der Waals surface area contributed by atoms with Gasteiger partial charge in [-0.2, -0.15) is 5.10 Å². The Morgan fingerprint density at radius 3 is 2.61 bits per heavy atom. The van der Waals surface area contributed by atoms with Gasteiger partial charge in [0.2, 0.25) is 0 Å². The highest BCUT2D eigenvalue weighted by Crippen LogP contribution is 2.22. The fraction of sp³-hybridized carbons (Fsp3) is 0. The number of carbonyl (C=O) groups is 1. The van der Waals surface area contributed by atoms with Gasteiger partial charge in [-0.05, 0) is 36.4 Å². The highest BCUT2D eigenvalue weighted by atomic mass is 79.9. The molecule has 0 unspecified atom stereocenters. The number of carbonyl (C=O) groups excluding carboxylic acids is 1. The van der Waals surface area contributed by atoms with Crippen LogP contribution in [0.4, 0.5) is 10.1 Å². The topological polar surface area (TPSA) is 57.8 Å². The number of halogens is 3. The van der Waals surface area contributed by atoms with Crippen molar-refractivity contribution in [2.45, 2.75) is 0 Å². The van der Waals surface area contributed by atoms with Crippen LogP contribution in [0.5, 0.6) is 0 Å². The van der Waals surface area contributed by atoms with Gasteiger partial charge in [0.25, 0.3) is 5.91 Å². The van der Waals surface area contributed by atoms with Crippen molar-refractivity contribution in [1.82, 2.24) is 10.2 Å². The Kier molecular flexibility index (Phi) is 4.45. The SMILES string of the molecule is O=C(Nc1ccc(F)c(Cl)c1)c1cc(-c2ccc(Br)cc2)n[nH]1. The van der Waals surface area contributed by atoms with Crippen molar-refractivity contribution in [2.24, 2.45) is 0 Å². The molecule has 1 amide bonds. The van der Waals surface area contributed by atoms with E-state index in [0.29, 0.717) is 17.1 Å². The van der Waals surface area contributed by atoms with Gasteiger partial charge in [-0.1, -0.05) is 39.7 Å². The number of nitrogens with zero attached hydrogens (tertiary/aromatic N) is 1. The molecule has 3 rings (SSSR count). The van der Waals surface area contributed by atoms with Gasteiger partial charge in [0.05, 0.1) is 10.7 Å². The van der Waals surface area contributed by atoms with Crippen molar-refractivity contribution >= 4 is 39.1 Å². The number of anilines is 1. The molecule has 0 aliphatic rings. The molecule has 2 N–H and O–H groups in total. The zero-order valence-electron chi connectivity index (χ0n) is 11.6. The van der Waals surface area contributed by atoms with Crippen LogP contribution in [0.2, 0.25) is 5.02 Å². The molecule has 0 saturated carbocycles. The average molecular weight is 395 g/mol. The summed E-state index contributed by atoms with van der Waals surface area (Å²) in [5.41, 5.74) is 2.23. The Morgan fingerprint density at radius 1 is 1.17 bits per heavy atom. The van der Waals surface area contributed by atoms with Crippen molar-refractivity contribution < 1.29 is 9.18 Å². The van der Waals surface area contributed by atoms with Crippen LogP contribution < -0.4 is 5.32 Å². The predicted octanol–water partition coefficient (Wildman–Crippen LogP) is 4.88. The average Bonchev–Trinajstić information content (AvgIpc) is 3.02. The zero-order valence-corrected chi connectivity index (χ0v) is 14.0. The van der Waals surface area contributed by atoms with Crippen molar-refractivity contribution in [3.8, 4) is 11.3 Å². The second-order valence-corrected chi connectivity index (χ2v) is 6.08. The maximum absolute atomic E-state index is 13.1. The maximum Gasteiger partial charge on any atom is 0.273 e. The molecular formula is C16H10BrClFN3O. The summed E-state index contributed by atoms with van der Waals surface area (Å²) in [4.78, 5) is 12.2. The second kappa shape index (κ2) is 6.52. The number of hydrogen-bond donors (Lipinski definition) is 2. The standard InChI is InChI=1S/C16H10BrClFN3O/c17-10-3-1-9(2-4-10)14-8-15(22-21-14)16(23)20-11-5-6-13(19)12(18)7-11/h1-8H,(H,20,23)(H,21,22). The van der Waals surface area contributed by atoms with E-state index >= 15 is 0 Å². The van der Waals surface area contributed by atoms with E-state index in [1.54, 1.807) is 6.07 Å². The summed E-state index contributed by atoms with van der Waals surface area (Å²) in [7, 11) is 0. The Hall–Kier alpha value is -2.18. The number of H-pyrrole nitrogens is 1. The van der Waals surface area contributed by atoms with Crippen LogP contribution in [0.1, 0.15) is 10.5 Å². The lowest BCUT2D eigenvalue weighted by atomic mass is 10.1. The van der Waals surface area contributed by atoms with E-state index < -0.39 is 5.82 Å². The molecule has 0 aliphatic heterocycles. The summed E-state index contributed by atoms with van der Waals surface area (Å²) in [5, 5.41) is 9.39. The molecule has 3 aromatic rings. The van der Waals surface area contributed by atoms with Crippen LogP contribution in [-0.4, -0.2) is 16.1 Å². The number of aromatic nitrogens is 2. The molecule has 1 heterocycles. The lowest BCUT2D eigenvalue weighted by Gasteiger charge is -2.04. The summed E-state index contributed by atoms with van der Waals surface area (Å²) in [6.45, 7) is 0. The number of aromatic amines is 1. The first-order valence-corrected chi connectivity index (χ1v) is 7.78. The molecule has 0 saturated heterocycles. The zero-order chi connectivity index (χ0) is 16.4. The Balaban J connectivity index is 1.78. The summed E-state index contributed by atoms with van der Waals surface area (Å²) >= 11 is 9.05. The van der Waals surface area contributed by atoms with Gasteiger partial charge in [0.15, 0.2) is 0 Å². The Labute approximate surface area is 144 Å². The first-order valence-electron chi connectivity index (χ1n) is 6.61. The fourth-order valence-electron chi connectivity index (χ4n) is 1.98. The largest absolute Gasteiger partial charge is 0.321 e.